The van der Waals surface area contributed by atoms with Crippen molar-refractivity contribution in [1.29, 1.82) is 0 Å². The molecular weight excluding hydrogens is 310 g/mol. The first kappa shape index (κ1) is 20.3. The van der Waals surface area contributed by atoms with Gasteiger partial charge in [0.25, 0.3) is 0 Å². The molecule has 0 aromatic heterocycles. The van der Waals surface area contributed by atoms with Gasteiger partial charge in [-0.05, 0) is 13.8 Å². The van der Waals surface area contributed by atoms with Crippen LogP contribution in [-0.4, -0.2) is 34.4 Å². The van der Waals surface area contributed by atoms with Crippen molar-refractivity contribution < 1.29 is 23.7 Å². The SMILES string of the molecule is COC(=O)C(C)(C)[C@@H](N)c1c(OC)cc(OC)cc1OC.Cl. The Labute approximate surface area is 137 Å². The molecule has 0 bridgehead atoms. The number of esters is 1. The van der Waals surface area contributed by atoms with E-state index in [2.05, 4.69) is 0 Å². The van der Waals surface area contributed by atoms with Crippen LogP contribution in [0.3, 0.4) is 0 Å². The lowest BCUT2D eigenvalue weighted by atomic mass is 9.80. The number of hydrogen-bond donors (Lipinski definition) is 1. The van der Waals surface area contributed by atoms with Gasteiger partial charge in [-0.2, -0.15) is 0 Å². The molecule has 1 rings (SSSR count). The van der Waals surface area contributed by atoms with Crippen molar-refractivity contribution in [3.05, 3.63) is 17.7 Å². The Morgan fingerprint density at radius 1 is 1.05 bits per heavy atom. The van der Waals surface area contributed by atoms with Gasteiger partial charge in [0.15, 0.2) is 0 Å². The summed E-state index contributed by atoms with van der Waals surface area (Å²) in [5.74, 6) is 1.16. The van der Waals surface area contributed by atoms with E-state index in [9.17, 15) is 4.79 Å². The molecule has 2 N–H and O–H groups in total. The van der Waals surface area contributed by atoms with Gasteiger partial charge in [-0.1, -0.05) is 0 Å². The van der Waals surface area contributed by atoms with Gasteiger partial charge >= 0.3 is 5.97 Å². The first-order valence-corrected chi connectivity index (χ1v) is 6.47. The average Bonchev–Trinajstić information content (AvgIpc) is 2.51. The van der Waals surface area contributed by atoms with Crippen LogP contribution in [0.4, 0.5) is 0 Å². The van der Waals surface area contributed by atoms with Crippen LogP contribution in [0.1, 0.15) is 25.5 Å². The summed E-state index contributed by atoms with van der Waals surface area (Å²) in [5, 5.41) is 0. The van der Waals surface area contributed by atoms with Crippen LogP contribution in [0.25, 0.3) is 0 Å². The van der Waals surface area contributed by atoms with Crippen molar-refractivity contribution in [1.82, 2.24) is 0 Å². The third-order valence-corrected chi connectivity index (χ3v) is 3.55. The standard InChI is InChI=1S/C15H23NO5.ClH/c1-15(2,14(17)21-6)13(16)12-10(19-4)7-9(18-3)8-11(12)20-5;/h7-8,13H,16H2,1-6H3;1H/t13-;/m0./s1. The number of methoxy groups -OCH3 is 4. The van der Waals surface area contributed by atoms with Gasteiger partial charge in [0.1, 0.15) is 17.2 Å². The topological polar surface area (TPSA) is 80.0 Å². The molecule has 0 radical (unpaired) electrons. The minimum atomic E-state index is -0.941. The van der Waals surface area contributed by atoms with Gasteiger partial charge in [-0.15, -0.1) is 12.4 Å². The summed E-state index contributed by atoms with van der Waals surface area (Å²) in [6.45, 7) is 3.43. The van der Waals surface area contributed by atoms with Crippen LogP contribution in [0.15, 0.2) is 12.1 Å². The van der Waals surface area contributed by atoms with E-state index in [1.165, 1.54) is 21.3 Å². The monoisotopic (exact) mass is 333 g/mol. The second kappa shape index (κ2) is 8.10. The Morgan fingerprint density at radius 3 is 1.82 bits per heavy atom. The number of hydrogen-bond acceptors (Lipinski definition) is 6. The molecule has 0 heterocycles. The molecule has 0 aliphatic carbocycles. The summed E-state index contributed by atoms with van der Waals surface area (Å²) in [4.78, 5) is 12.0. The first-order chi connectivity index (χ1) is 9.83. The Hall–Kier alpha value is -1.66. The van der Waals surface area contributed by atoms with Crippen molar-refractivity contribution in [2.75, 3.05) is 28.4 Å². The fourth-order valence-corrected chi connectivity index (χ4v) is 2.09. The first-order valence-electron chi connectivity index (χ1n) is 6.47. The zero-order chi connectivity index (χ0) is 16.2. The van der Waals surface area contributed by atoms with E-state index in [0.29, 0.717) is 22.8 Å². The van der Waals surface area contributed by atoms with Gasteiger partial charge in [0.2, 0.25) is 0 Å². The van der Waals surface area contributed by atoms with E-state index < -0.39 is 17.4 Å². The zero-order valence-electron chi connectivity index (χ0n) is 13.8. The minimum absolute atomic E-state index is 0. The Morgan fingerprint density at radius 2 is 1.50 bits per heavy atom. The highest BCUT2D eigenvalue weighted by Gasteiger charge is 2.39. The Balaban J connectivity index is 0.00000441. The fourth-order valence-electron chi connectivity index (χ4n) is 2.09. The third-order valence-electron chi connectivity index (χ3n) is 3.55. The highest BCUT2D eigenvalue weighted by Crippen LogP contribution is 2.44. The molecule has 1 atom stereocenters. The highest BCUT2D eigenvalue weighted by atomic mass is 35.5. The molecule has 7 heteroatoms. The average molecular weight is 334 g/mol. The van der Waals surface area contributed by atoms with Crippen LogP contribution in [-0.2, 0) is 9.53 Å². The van der Waals surface area contributed by atoms with Crippen molar-refractivity contribution in [2.24, 2.45) is 11.1 Å². The second-order valence-electron chi connectivity index (χ2n) is 5.14. The molecule has 0 aliphatic rings. The summed E-state index contributed by atoms with van der Waals surface area (Å²) in [5.41, 5.74) is 5.95. The quantitative estimate of drug-likeness (QED) is 0.805. The number of carbonyl (C=O) groups is 1. The molecule has 0 amide bonds. The molecular formula is C15H24ClNO5. The number of rotatable bonds is 6. The van der Waals surface area contributed by atoms with E-state index >= 15 is 0 Å². The molecule has 1 aromatic carbocycles. The normalized spacial score (nSPS) is 12.0. The molecule has 1 aromatic rings. The number of carbonyl (C=O) groups excluding carboxylic acids is 1. The molecule has 0 saturated carbocycles. The smallest absolute Gasteiger partial charge is 0.313 e. The van der Waals surface area contributed by atoms with E-state index in [0.717, 1.165) is 0 Å². The molecule has 0 spiro atoms. The van der Waals surface area contributed by atoms with Gasteiger partial charge in [-0.25, -0.2) is 0 Å². The second-order valence-corrected chi connectivity index (χ2v) is 5.14. The summed E-state index contributed by atoms with van der Waals surface area (Å²) >= 11 is 0. The lowest BCUT2D eigenvalue weighted by Gasteiger charge is -2.31. The molecule has 0 aliphatic heterocycles. The summed E-state index contributed by atoms with van der Waals surface area (Å²) in [6.07, 6.45) is 0. The van der Waals surface area contributed by atoms with Crippen molar-refractivity contribution in [2.45, 2.75) is 19.9 Å². The summed E-state index contributed by atoms with van der Waals surface area (Å²) < 4.78 is 20.8. The maximum Gasteiger partial charge on any atom is 0.313 e. The van der Waals surface area contributed by atoms with E-state index in [1.54, 1.807) is 33.1 Å². The van der Waals surface area contributed by atoms with Crippen LogP contribution < -0.4 is 19.9 Å². The number of benzene rings is 1. The predicted octanol–water partition coefficient (Wildman–Crippen LogP) is 2.33. The highest BCUT2D eigenvalue weighted by molar-refractivity contribution is 5.85. The summed E-state index contributed by atoms with van der Waals surface area (Å²) in [7, 11) is 5.93. The molecule has 0 saturated heterocycles. The maximum atomic E-state index is 12.0. The Bertz CT molecular complexity index is 494. The molecule has 6 nitrogen and oxygen atoms in total. The van der Waals surface area contributed by atoms with Gasteiger partial charge in [-0.3, -0.25) is 4.79 Å². The van der Waals surface area contributed by atoms with Gasteiger partial charge in [0.05, 0.1) is 45.5 Å². The van der Waals surface area contributed by atoms with Crippen LogP contribution in [0.2, 0.25) is 0 Å². The van der Waals surface area contributed by atoms with Gasteiger partial charge < -0.3 is 24.7 Å². The van der Waals surface area contributed by atoms with E-state index in [-0.39, 0.29) is 12.4 Å². The fraction of sp³-hybridized carbons (Fsp3) is 0.533. The summed E-state index contributed by atoms with van der Waals surface area (Å²) in [6, 6.07) is 2.73. The molecule has 0 fully saturated rings. The van der Waals surface area contributed by atoms with Crippen molar-refractivity contribution >= 4 is 18.4 Å². The zero-order valence-corrected chi connectivity index (χ0v) is 14.6. The van der Waals surface area contributed by atoms with E-state index in [1.807, 2.05) is 0 Å². The maximum absolute atomic E-state index is 12.0. The van der Waals surface area contributed by atoms with E-state index in [4.69, 9.17) is 24.7 Å². The van der Waals surface area contributed by atoms with Crippen LogP contribution >= 0.6 is 12.4 Å². The number of halogens is 1. The van der Waals surface area contributed by atoms with Crippen molar-refractivity contribution in [3.63, 3.8) is 0 Å². The van der Waals surface area contributed by atoms with Gasteiger partial charge in [0, 0.05) is 12.1 Å². The number of ether oxygens (including phenoxy) is 4. The van der Waals surface area contributed by atoms with Crippen molar-refractivity contribution in [3.8, 4) is 17.2 Å². The molecule has 0 unspecified atom stereocenters. The predicted molar refractivity (Wildman–Crippen MR) is 86.1 cm³/mol. The minimum Gasteiger partial charge on any atom is -0.496 e. The van der Waals surface area contributed by atoms with Crippen LogP contribution in [0, 0.1) is 5.41 Å². The lowest BCUT2D eigenvalue weighted by Crippen LogP contribution is -2.37. The van der Waals surface area contributed by atoms with Crippen LogP contribution in [0.5, 0.6) is 17.2 Å². The molecule has 22 heavy (non-hydrogen) atoms. The lowest BCUT2D eigenvalue weighted by molar-refractivity contribution is -0.152. The number of nitrogens with two attached hydrogens (primary N) is 1. The third kappa shape index (κ3) is 3.75. The Kier molecular flexibility index (Phi) is 7.49. The molecule has 126 valence electrons. The largest absolute Gasteiger partial charge is 0.496 e.